The lowest BCUT2D eigenvalue weighted by Crippen LogP contribution is -2.27. The molecule has 4 heteroatoms. The molecular formula is C17H24N2O2. The summed E-state index contributed by atoms with van der Waals surface area (Å²) in [4.78, 5) is 11.7. The van der Waals surface area contributed by atoms with E-state index in [9.17, 15) is 4.79 Å². The van der Waals surface area contributed by atoms with Crippen LogP contribution in [0, 0.1) is 12.8 Å². The SMILES string of the molecule is CCC1CCC(=NNC(=O)COc2ccccc2C)CC1. The van der Waals surface area contributed by atoms with Crippen molar-refractivity contribution in [1.82, 2.24) is 5.43 Å². The summed E-state index contributed by atoms with van der Waals surface area (Å²) >= 11 is 0. The van der Waals surface area contributed by atoms with E-state index in [1.807, 2.05) is 31.2 Å². The number of para-hydroxylation sites is 1. The van der Waals surface area contributed by atoms with Gasteiger partial charge in [-0.15, -0.1) is 0 Å². The molecule has 1 fully saturated rings. The fourth-order valence-corrected chi connectivity index (χ4v) is 2.57. The van der Waals surface area contributed by atoms with Gasteiger partial charge in [-0.05, 0) is 50.2 Å². The van der Waals surface area contributed by atoms with Gasteiger partial charge < -0.3 is 4.74 Å². The standard InChI is InChI=1S/C17H24N2O2/c1-3-14-8-10-15(11-9-14)18-19-17(20)12-21-16-7-5-4-6-13(16)2/h4-7,14H,3,8-12H2,1-2H3,(H,19,20). The molecule has 21 heavy (non-hydrogen) atoms. The Balaban J connectivity index is 1.74. The summed E-state index contributed by atoms with van der Waals surface area (Å²) in [6.45, 7) is 4.19. The van der Waals surface area contributed by atoms with Crippen LogP contribution in [-0.4, -0.2) is 18.2 Å². The monoisotopic (exact) mass is 288 g/mol. The molecule has 0 radical (unpaired) electrons. The highest BCUT2D eigenvalue weighted by Crippen LogP contribution is 2.24. The van der Waals surface area contributed by atoms with E-state index < -0.39 is 0 Å². The summed E-state index contributed by atoms with van der Waals surface area (Å²) in [5.41, 5.74) is 4.72. The number of carbonyl (C=O) groups excluding carboxylic acids is 1. The molecule has 0 aromatic heterocycles. The molecule has 4 nitrogen and oxygen atoms in total. The van der Waals surface area contributed by atoms with Crippen LogP contribution in [0.15, 0.2) is 29.4 Å². The van der Waals surface area contributed by atoms with Crippen molar-refractivity contribution in [2.75, 3.05) is 6.61 Å². The third kappa shape index (κ3) is 4.88. The lowest BCUT2D eigenvalue weighted by molar-refractivity contribution is -0.123. The van der Waals surface area contributed by atoms with Crippen LogP contribution in [0.1, 0.15) is 44.6 Å². The largest absolute Gasteiger partial charge is 0.483 e. The molecule has 1 aromatic carbocycles. The second-order valence-corrected chi connectivity index (χ2v) is 5.62. The van der Waals surface area contributed by atoms with Gasteiger partial charge in [0.25, 0.3) is 5.91 Å². The average Bonchev–Trinajstić information content (AvgIpc) is 2.52. The van der Waals surface area contributed by atoms with E-state index in [-0.39, 0.29) is 12.5 Å². The van der Waals surface area contributed by atoms with Crippen molar-refractivity contribution in [1.29, 1.82) is 0 Å². The summed E-state index contributed by atoms with van der Waals surface area (Å²) in [6, 6.07) is 7.66. The molecule has 1 amide bonds. The van der Waals surface area contributed by atoms with Crippen molar-refractivity contribution in [2.24, 2.45) is 11.0 Å². The first-order valence-electron chi connectivity index (χ1n) is 7.71. The Kier molecular flexibility index (Phi) is 5.78. The molecule has 114 valence electrons. The number of hydrogen-bond acceptors (Lipinski definition) is 3. The predicted octanol–water partition coefficient (Wildman–Crippen LogP) is 3.45. The van der Waals surface area contributed by atoms with E-state index in [4.69, 9.17) is 4.74 Å². The Labute approximate surface area is 126 Å². The van der Waals surface area contributed by atoms with E-state index >= 15 is 0 Å². The Hall–Kier alpha value is -1.84. The van der Waals surface area contributed by atoms with Gasteiger partial charge in [-0.1, -0.05) is 31.5 Å². The maximum atomic E-state index is 11.7. The first-order valence-corrected chi connectivity index (χ1v) is 7.71. The van der Waals surface area contributed by atoms with Gasteiger partial charge in [0.1, 0.15) is 5.75 Å². The summed E-state index contributed by atoms with van der Waals surface area (Å²) in [5, 5.41) is 4.22. The maximum Gasteiger partial charge on any atom is 0.277 e. The van der Waals surface area contributed by atoms with Gasteiger partial charge in [-0.2, -0.15) is 5.10 Å². The second kappa shape index (κ2) is 7.81. The van der Waals surface area contributed by atoms with Gasteiger partial charge in [0.05, 0.1) is 0 Å². The molecule has 2 rings (SSSR count). The zero-order valence-electron chi connectivity index (χ0n) is 12.9. The molecule has 1 aliphatic rings. The summed E-state index contributed by atoms with van der Waals surface area (Å²) in [7, 11) is 0. The van der Waals surface area contributed by atoms with Gasteiger partial charge in [0, 0.05) is 5.71 Å². The van der Waals surface area contributed by atoms with Crippen LogP contribution in [0.4, 0.5) is 0 Å². The third-order valence-electron chi connectivity index (χ3n) is 4.05. The molecule has 1 saturated carbocycles. The van der Waals surface area contributed by atoms with Crippen molar-refractivity contribution < 1.29 is 9.53 Å². The Bertz CT molecular complexity index is 501. The highest BCUT2D eigenvalue weighted by atomic mass is 16.5. The summed E-state index contributed by atoms with van der Waals surface area (Å²) in [5.74, 6) is 1.36. The quantitative estimate of drug-likeness (QED) is 0.844. The lowest BCUT2D eigenvalue weighted by atomic mass is 9.86. The van der Waals surface area contributed by atoms with Crippen LogP contribution < -0.4 is 10.2 Å². The second-order valence-electron chi connectivity index (χ2n) is 5.62. The van der Waals surface area contributed by atoms with Crippen LogP contribution in [-0.2, 0) is 4.79 Å². The number of aryl methyl sites for hydroxylation is 1. The van der Waals surface area contributed by atoms with E-state index in [1.54, 1.807) is 0 Å². The molecular weight excluding hydrogens is 264 g/mol. The maximum absolute atomic E-state index is 11.7. The highest BCUT2D eigenvalue weighted by molar-refractivity contribution is 5.87. The number of ether oxygens (including phenoxy) is 1. The molecule has 1 aromatic rings. The summed E-state index contributed by atoms with van der Waals surface area (Å²) in [6.07, 6.45) is 5.61. The normalized spacial score (nSPS) is 18.2. The smallest absolute Gasteiger partial charge is 0.277 e. The minimum atomic E-state index is -0.205. The van der Waals surface area contributed by atoms with E-state index in [0.29, 0.717) is 0 Å². The number of nitrogens with one attached hydrogen (secondary N) is 1. The number of carbonyl (C=O) groups is 1. The fourth-order valence-electron chi connectivity index (χ4n) is 2.57. The molecule has 0 bridgehead atoms. The fraction of sp³-hybridized carbons (Fsp3) is 0.529. The average molecular weight is 288 g/mol. The summed E-state index contributed by atoms with van der Waals surface area (Å²) < 4.78 is 5.49. The molecule has 0 unspecified atom stereocenters. The van der Waals surface area contributed by atoms with Crippen molar-refractivity contribution in [3.8, 4) is 5.75 Å². The van der Waals surface area contributed by atoms with E-state index in [2.05, 4.69) is 17.5 Å². The lowest BCUT2D eigenvalue weighted by Gasteiger charge is -2.21. The molecule has 0 spiro atoms. The number of rotatable bonds is 5. The number of amides is 1. The minimum absolute atomic E-state index is 0.000775. The first kappa shape index (κ1) is 15.5. The minimum Gasteiger partial charge on any atom is -0.483 e. The van der Waals surface area contributed by atoms with Crippen LogP contribution in [0.3, 0.4) is 0 Å². The molecule has 0 heterocycles. The zero-order chi connectivity index (χ0) is 15.1. The molecule has 0 atom stereocenters. The van der Waals surface area contributed by atoms with Crippen LogP contribution in [0.5, 0.6) is 5.75 Å². The highest BCUT2D eigenvalue weighted by Gasteiger charge is 2.16. The number of nitrogens with zero attached hydrogens (tertiary/aromatic N) is 1. The van der Waals surface area contributed by atoms with Crippen LogP contribution in [0.2, 0.25) is 0 Å². The molecule has 1 aliphatic carbocycles. The van der Waals surface area contributed by atoms with Crippen molar-refractivity contribution in [3.05, 3.63) is 29.8 Å². The topological polar surface area (TPSA) is 50.7 Å². The first-order chi connectivity index (χ1) is 10.2. The van der Waals surface area contributed by atoms with Gasteiger partial charge >= 0.3 is 0 Å². The predicted molar refractivity (Wildman–Crippen MR) is 84.5 cm³/mol. The molecule has 0 aliphatic heterocycles. The number of hydrazone groups is 1. The zero-order valence-corrected chi connectivity index (χ0v) is 12.9. The van der Waals surface area contributed by atoms with Crippen molar-refractivity contribution >= 4 is 11.6 Å². The van der Waals surface area contributed by atoms with Gasteiger partial charge in [-0.3, -0.25) is 4.79 Å². The molecule has 0 saturated heterocycles. The number of benzene rings is 1. The van der Waals surface area contributed by atoms with Gasteiger partial charge in [-0.25, -0.2) is 5.43 Å². The Morgan fingerprint density at radius 2 is 2.05 bits per heavy atom. The van der Waals surface area contributed by atoms with Crippen LogP contribution >= 0.6 is 0 Å². The Morgan fingerprint density at radius 1 is 1.33 bits per heavy atom. The Morgan fingerprint density at radius 3 is 2.71 bits per heavy atom. The van der Waals surface area contributed by atoms with Gasteiger partial charge in [0.15, 0.2) is 6.61 Å². The van der Waals surface area contributed by atoms with Crippen LogP contribution in [0.25, 0.3) is 0 Å². The van der Waals surface area contributed by atoms with Gasteiger partial charge in [0.2, 0.25) is 0 Å². The van der Waals surface area contributed by atoms with E-state index in [0.717, 1.165) is 35.8 Å². The van der Waals surface area contributed by atoms with Crippen molar-refractivity contribution in [2.45, 2.75) is 46.0 Å². The number of hydrogen-bond donors (Lipinski definition) is 1. The molecule has 1 N–H and O–H groups in total. The van der Waals surface area contributed by atoms with E-state index in [1.165, 1.54) is 19.3 Å². The third-order valence-corrected chi connectivity index (χ3v) is 4.05. The van der Waals surface area contributed by atoms with Crippen molar-refractivity contribution in [3.63, 3.8) is 0 Å².